The lowest BCUT2D eigenvalue weighted by Gasteiger charge is -2.28. The summed E-state index contributed by atoms with van der Waals surface area (Å²) in [4.78, 5) is 25.2. The lowest BCUT2D eigenvalue weighted by atomic mass is 9.83. The molecule has 60 heavy (non-hydrogen) atoms. The Balaban J connectivity index is 1.20. The van der Waals surface area contributed by atoms with Crippen LogP contribution in [0.5, 0.6) is 23.0 Å². The molecule has 7 rings (SSSR count). The first-order chi connectivity index (χ1) is 29.0. The van der Waals surface area contributed by atoms with Gasteiger partial charge in [0.05, 0.1) is 44.2 Å². The molecule has 8 nitrogen and oxygen atoms in total. The third kappa shape index (κ3) is 8.39. The van der Waals surface area contributed by atoms with Crippen LogP contribution in [0.2, 0.25) is 0 Å². The summed E-state index contributed by atoms with van der Waals surface area (Å²) < 4.78 is 18.8. The van der Waals surface area contributed by atoms with Crippen LogP contribution < -0.4 is 4.74 Å². The highest BCUT2D eigenvalue weighted by atomic mass is 16.5. The van der Waals surface area contributed by atoms with Gasteiger partial charge in [-0.15, -0.1) is 0 Å². The summed E-state index contributed by atoms with van der Waals surface area (Å²) in [5.41, 5.74) is 7.46. The van der Waals surface area contributed by atoms with Crippen LogP contribution in [0, 0.1) is 13.8 Å². The molecule has 0 amide bonds. The van der Waals surface area contributed by atoms with Crippen molar-refractivity contribution >= 4 is 23.3 Å². The maximum atomic E-state index is 12.9. The molecule has 7 aromatic rings. The van der Waals surface area contributed by atoms with Crippen LogP contribution in [0.25, 0.3) is 33.0 Å². The summed E-state index contributed by atoms with van der Waals surface area (Å²) in [6.07, 6.45) is 1.21. The predicted octanol–water partition coefficient (Wildman–Crippen LogP) is 11.3. The lowest BCUT2D eigenvalue weighted by molar-refractivity contribution is 0.103. The van der Waals surface area contributed by atoms with Gasteiger partial charge in [-0.05, 0) is 63.6 Å². The molecular weight excluding hydrogens is 753 g/mol. The molecule has 0 saturated carbocycles. The van der Waals surface area contributed by atoms with E-state index in [2.05, 4.69) is 0 Å². The van der Waals surface area contributed by atoms with Gasteiger partial charge in [0.2, 0.25) is 0 Å². The summed E-state index contributed by atoms with van der Waals surface area (Å²) in [5.74, 6) is -0.870. The molecule has 304 valence electrons. The van der Waals surface area contributed by atoms with Crippen LogP contribution in [0.1, 0.15) is 73.5 Å². The number of hydrogen-bond acceptors (Lipinski definition) is 8. The summed E-state index contributed by atoms with van der Waals surface area (Å²) >= 11 is 0. The van der Waals surface area contributed by atoms with Crippen LogP contribution in [0.15, 0.2) is 127 Å². The van der Waals surface area contributed by atoms with Gasteiger partial charge in [-0.25, -0.2) is 0 Å². The van der Waals surface area contributed by atoms with Gasteiger partial charge in [0.15, 0.2) is 35.6 Å². The Bertz CT molecular complexity index is 2640. The minimum atomic E-state index is -0.600. The van der Waals surface area contributed by atoms with E-state index in [1.165, 1.54) is 0 Å². The number of carbonyl (C=O) groups excluding carboxylic acids is 2. The Hall–Kier alpha value is -6.74. The number of phenols is 3. The van der Waals surface area contributed by atoms with Crippen molar-refractivity contribution in [2.24, 2.45) is 0 Å². The molecule has 3 N–H and O–H groups in total. The molecule has 7 aromatic carbocycles. The zero-order valence-corrected chi connectivity index (χ0v) is 34.2. The van der Waals surface area contributed by atoms with Crippen molar-refractivity contribution < 1.29 is 39.1 Å². The summed E-state index contributed by atoms with van der Waals surface area (Å²) in [6.45, 7) is 8.52. The normalized spacial score (nSPS) is 11.5. The van der Waals surface area contributed by atoms with Crippen molar-refractivity contribution in [3.05, 3.63) is 177 Å². The number of carbonyl (C=O) groups is 2. The van der Waals surface area contributed by atoms with Crippen LogP contribution in [0.4, 0.5) is 0 Å². The number of ether oxygens (including phenoxy) is 3. The van der Waals surface area contributed by atoms with Crippen LogP contribution in [-0.2, 0) is 41.3 Å². The van der Waals surface area contributed by atoms with Crippen molar-refractivity contribution in [1.82, 2.24) is 0 Å². The molecular formula is C52H48O8. The van der Waals surface area contributed by atoms with Crippen LogP contribution in [-0.4, -0.2) is 34.5 Å². The first-order valence-electron chi connectivity index (χ1n) is 19.8. The number of fused-ring (bicyclic) bond motifs is 1. The van der Waals surface area contributed by atoms with E-state index in [-0.39, 0.29) is 48.2 Å². The molecule has 0 fully saturated rings. The number of aromatic hydroxyl groups is 3. The molecule has 0 saturated heterocycles. The monoisotopic (exact) mass is 800 g/mol. The second-order valence-corrected chi connectivity index (χ2v) is 15.6. The summed E-state index contributed by atoms with van der Waals surface area (Å²) in [5, 5.41) is 35.4. The number of benzene rings is 7. The van der Waals surface area contributed by atoms with Crippen LogP contribution >= 0.6 is 0 Å². The third-order valence-electron chi connectivity index (χ3n) is 11.2. The number of aldehydes is 2. The van der Waals surface area contributed by atoms with E-state index in [4.69, 9.17) is 14.2 Å². The van der Waals surface area contributed by atoms with Gasteiger partial charge < -0.3 is 29.5 Å². The second kappa shape index (κ2) is 18.0. The zero-order chi connectivity index (χ0) is 42.4. The fraction of sp³-hybridized carbons (Fsp3) is 0.192. The maximum Gasteiger partial charge on any atom is 0.169 e. The van der Waals surface area contributed by atoms with Gasteiger partial charge in [-0.3, -0.25) is 9.59 Å². The second-order valence-electron chi connectivity index (χ2n) is 15.6. The highest BCUT2D eigenvalue weighted by Crippen LogP contribution is 2.47. The number of hydrogen-bond donors (Lipinski definition) is 3. The standard InChI is InChI=1S/C52H48O8/c1-33-46(44(42(26-53)49(56)48(33)55)30-58-28-35-14-7-5-8-15-35)38-22-24-39(25-23-38)52(3,4)32-60-51-34(2)47(41-21-13-19-37-18-11-12-20-40(37)41)45(43(27-54)50(51)57)31-59-29-36-16-9-6-10-17-36/h5-27,55-57H,28-32H2,1-4H3. The van der Waals surface area contributed by atoms with Gasteiger partial charge in [0.25, 0.3) is 0 Å². The van der Waals surface area contributed by atoms with Gasteiger partial charge in [-0.1, -0.05) is 141 Å². The molecule has 0 radical (unpaired) electrons. The van der Waals surface area contributed by atoms with E-state index < -0.39 is 11.2 Å². The van der Waals surface area contributed by atoms with Gasteiger partial charge in [-0.2, -0.15) is 0 Å². The van der Waals surface area contributed by atoms with E-state index in [0.29, 0.717) is 53.6 Å². The first-order valence-corrected chi connectivity index (χ1v) is 19.8. The van der Waals surface area contributed by atoms with Gasteiger partial charge in [0, 0.05) is 27.7 Å². The Morgan fingerprint density at radius 1 is 0.550 bits per heavy atom. The molecule has 8 heteroatoms. The van der Waals surface area contributed by atoms with Crippen molar-refractivity contribution in [3.63, 3.8) is 0 Å². The molecule has 0 unspecified atom stereocenters. The molecule has 0 atom stereocenters. The van der Waals surface area contributed by atoms with Gasteiger partial charge in [0.1, 0.15) is 0 Å². The molecule has 0 aliphatic rings. The molecule has 0 heterocycles. The van der Waals surface area contributed by atoms with E-state index in [9.17, 15) is 24.9 Å². The van der Waals surface area contributed by atoms with Crippen molar-refractivity contribution in [3.8, 4) is 45.3 Å². The average Bonchev–Trinajstić information content (AvgIpc) is 3.26. The van der Waals surface area contributed by atoms with Crippen molar-refractivity contribution in [1.29, 1.82) is 0 Å². The first kappa shape index (κ1) is 41.4. The Labute approximate surface area is 350 Å². The SMILES string of the molecule is Cc1c(O)c(O)c(C=O)c(COCc2ccccc2)c1-c1ccc(C(C)(C)COc2c(C)c(-c3cccc4ccccc34)c(COCc3ccccc3)c(C=O)c2O)cc1. The largest absolute Gasteiger partial charge is 0.504 e. The fourth-order valence-electron chi connectivity index (χ4n) is 7.89. The highest BCUT2D eigenvalue weighted by molar-refractivity contribution is 6.01. The van der Waals surface area contributed by atoms with E-state index in [0.717, 1.165) is 44.2 Å². The number of phenolic OH excluding ortho intramolecular Hbond substituents is 3. The topological polar surface area (TPSA) is 123 Å². The number of rotatable bonds is 16. The van der Waals surface area contributed by atoms with E-state index in [1.807, 2.05) is 148 Å². The lowest BCUT2D eigenvalue weighted by Crippen LogP contribution is -2.26. The molecule has 0 spiro atoms. The predicted molar refractivity (Wildman–Crippen MR) is 235 cm³/mol. The summed E-state index contributed by atoms with van der Waals surface area (Å²) in [6, 6.07) is 41.2. The Morgan fingerprint density at radius 2 is 1.08 bits per heavy atom. The average molecular weight is 801 g/mol. The fourth-order valence-corrected chi connectivity index (χ4v) is 7.89. The smallest absolute Gasteiger partial charge is 0.169 e. The Morgan fingerprint density at radius 3 is 1.68 bits per heavy atom. The Kier molecular flexibility index (Phi) is 12.4. The van der Waals surface area contributed by atoms with Crippen LogP contribution in [0.3, 0.4) is 0 Å². The molecule has 0 aliphatic heterocycles. The quantitative estimate of drug-likeness (QED) is 0.0652. The molecule has 0 aromatic heterocycles. The molecule has 0 bridgehead atoms. The van der Waals surface area contributed by atoms with Gasteiger partial charge >= 0.3 is 0 Å². The maximum absolute atomic E-state index is 12.9. The minimum absolute atomic E-state index is 0.0262. The zero-order valence-electron chi connectivity index (χ0n) is 34.2. The molecule has 0 aliphatic carbocycles. The van der Waals surface area contributed by atoms with E-state index >= 15 is 0 Å². The minimum Gasteiger partial charge on any atom is -0.504 e. The van der Waals surface area contributed by atoms with Crippen molar-refractivity contribution in [2.75, 3.05) is 6.61 Å². The van der Waals surface area contributed by atoms with E-state index in [1.54, 1.807) is 6.92 Å². The highest BCUT2D eigenvalue weighted by Gasteiger charge is 2.29. The summed E-state index contributed by atoms with van der Waals surface area (Å²) in [7, 11) is 0. The third-order valence-corrected chi connectivity index (χ3v) is 11.2. The van der Waals surface area contributed by atoms with Crippen molar-refractivity contribution in [2.45, 2.75) is 59.5 Å².